The van der Waals surface area contributed by atoms with Crippen molar-refractivity contribution in [2.24, 2.45) is 0 Å². The Hall–Kier alpha value is -4.55. The van der Waals surface area contributed by atoms with Crippen LogP contribution < -0.4 is 9.64 Å². The van der Waals surface area contributed by atoms with E-state index in [2.05, 4.69) is 0 Å². The summed E-state index contributed by atoms with van der Waals surface area (Å²) in [6, 6.07) is 19.8. The van der Waals surface area contributed by atoms with Crippen molar-refractivity contribution in [2.75, 3.05) is 79.5 Å². The highest BCUT2D eigenvalue weighted by molar-refractivity contribution is 8.08. The lowest BCUT2D eigenvalue weighted by atomic mass is 10.2. The molecule has 0 aromatic heterocycles. The molecule has 282 valence electrons. The summed E-state index contributed by atoms with van der Waals surface area (Å²) in [7, 11) is 5.78. The Kier molecular flexibility index (Phi) is 16.0. The van der Waals surface area contributed by atoms with E-state index in [1.165, 1.54) is 35.2 Å². The number of anilines is 1. The van der Waals surface area contributed by atoms with E-state index < -0.39 is 11.8 Å². The van der Waals surface area contributed by atoms with Gasteiger partial charge in [0, 0.05) is 35.0 Å². The molecule has 0 radical (unpaired) electrons. The van der Waals surface area contributed by atoms with Gasteiger partial charge in [-0.05, 0) is 79.7 Å². The summed E-state index contributed by atoms with van der Waals surface area (Å²) < 4.78 is 21.8. The molecule has 16 heteroatoms. The Morgan fingerprint density at radius 3 is 1.43 bits per heavy atom. The van der Waals surface area contributed by atoms with Crippen LogP contribution in [0.4, 0.5) is 5.69 Å². The molecule has 1 aliphatic rings. The van der Waals surface area contributed by atoms with Crippen molar-refractivity contribution < 1.29 is 52.6 Å². The van der Waals surface area contributed by atoms with Crippen LogP contribution in [0.25, 0.3) is 0 Å². The molecule has 53 heavy (non-hydrogen) atoms. The predicted molar refractivity (Wildman–Crippen MR) is 197 cm³/mol. The van der Waals surface area contributed by atoms with Gasteiger partial charge in [0.2, 0.25) is 0 Å². The minimum atomic E-state index is -0.509. The number of thioether (sulfide) groups is 2. The molecule has 0 spiro atoms. The fraction of sp³-hybridized carbons (Fsp3) is 0.324. The summed E-state index contributed by atoms with van der Waals surface area (Å²) in [5, 5.41) is 2.20. The maximum absolute atomic E-state index is 14.0. The van der Waals surface area contributed by atoms with Gasteiger partial charge in [-0.3, -0.25) is 33.6 Å². The van der Waals surface area contributed by atoms with Gasteiger partial charge in [0.1, 0.15) is 19.0 Å². The number of hydrogen-bond acceptors (Lipinski definition) is 13. The topological polar surface area (TPSA) is 150 Å². The zero-order valence-corrected chi connectivity index (χ0v) is 31.7. The molecule has 0 bridgehead atoms. The Bertz CT molecular complexity index is 1680. The molecular weight excluding hydrogens is 727 g/mol. The number of rotatable bonds is 21. The van der Waals surface area contributed by atoms with Crippen molar-refractivity contribution in [3.8, 4) is 5.75 Å². The lowest BCUT2D eigenvalue weighted by molar-refractivity contribution is -0.122. The predicted octanol–water partition coefficient (Wildman–Crippen LogP) is 4.64. The first kappa shape index (κ1) is 41.2. The second kappa shape index (κ2) is 20.6. The van der Waals surface area contributed by atoms with E-state index >= 15 is 0 Å². The SMILES string of the molecule is CON(C)C(=O)c1ccc(SC2=C(Sc3ccc(C(=O)N(C)OC)cc3)C(=O)N(c3ccc(OCCOCCOCCOCC(C)=O)cc3)C2=O)cc1. The van der Waals surface area contributed by atoms with Crippen LogP contribution in [-0.2, 0) is 38.3 Å². The van der Waals surface area contributed by atoms with Crippen LogP contribution in [-0.4, -0.2) is 114 Å². The highest BCUT2D eigenvalue weighted by Gasteiger charge is 2.40. The number of Topliss-reactive ketones (excluding diaryl/α,β-unsaturated/α-hetero) is 1. The van der Waals surface area contributed by atoms with Crippen LogP contribution in [0.5, 0.6) is 5.75 Å². The first-order valence-electron chi connectivity index (χ1n) is 16.3. The molecule has 1 heterocycles. The summed E-state index contributed by atoms with van der Waals surface area (Å²) in [5.41, 5.74) is 1.13. The first-order valence-corrected chi connectivity index (χ1v) is 18.0. The van der Waals surface area contributed by atoms with Crippen molar-refractivity contribution in [3.63, 3.8) is 0 Å². The number of carbonyl (C=O) groups excluding carboxylic acids is 5. The fourth-order valence-electron chi connectivity index (χ4n) is 4.57. The number of benzene rings is 3. The zero-order valence-electron chi connectivity index (χ0n) is 30.0. The standard InChI is InChI=1S/C37H41N3O11S2/c1-25(41)24-50-21-20-48-18-19-49-22-23-51-29-12-10-28(11-13-29)40-36(44)32(52-30-14-6-26(7-15-30)34(42)38(2)46-4)33(37(40)45)53-31-16-8-27(9-17-31)35(43)39(3)47-5/h6-17H,18-24H2,1-5H3. The van der Waals surface area contributed by atoms with Crippen LogP contribution in [0.1, 0.15) is 27.6 Å². The largest absolute Gasteiger partial charge is 0.491 e. The number of imide groups is 1. The van der Waals surface area contributed by atoms with Crippen molar-refractivity contribution in [2.45, 2.75) is 16.7 Å². The van der Waals surface area contributed by atoms with E-state index in [1.807, 2.05) is 0 Å². The number of amides is 4. The highest BCUT2D eigenvalue weighted by Crippen LogP contribution is 2.44. The quantitative estimate of drug-likeness (QED) is 0.0843. The van der Waals surface area contributed by atoms with Crippen LogP contribution >= 0.6 is 23.5 Å². The maximum Gasteiger partial charge on any atom is 0.277 e. The number of hydroxylamine groups is 4. The smallest absolute Gasteiger partial charge is 0.277 e. The molecule has 0 unspecified atom stereocenters. The molecule has 0 saturated heterocycles. The number of nitrogens with zero attached hydrogens (tertiary/aromatic N) is 3. The van der Waals surface area contributed by atoms with Crippen molar-refractivity contribution >= 4 is 58.6 Å². The van der Waals surface area contributed by atoms with Crippen LogP contribution in [0.15, 0.2) is 92.4 Å². The Morgan fingerprint density at radius 2 is 1.02 bits per heavy atom. The van der Waals surface area contributed by atoms with Gasteiger partial charge < -0.3 is 18.9 Å². The van der Waals surface area contributed by atoms with Gasteiger partial charge in [0.15, 0.2) is 5.78 Å². The van der Waals surface area contributed by atoms with Gasteiger partial charge in [0.05, 0.1) is 62.8 Å². The van der Waals surface area contributed by atoms with E-state index in [0.717, 1.165) is 38.6 Å². The summed E-state index contributed by atoms with van der Waals surface area (Å²) in [4.78, 5) is 76.5. The molecular formula is C37H41N3O11S2. The molecule has 4 amide bonds. The number of hydrogen-bond donors (Lipinski definition) is 0. The van der Waals surface area contributed by atoms with E-state index in [-0.39, 0.29) is 40.6 Å². The average molecular weight is 768 g/mol. The highest BCUT2D eigenvalue weighted by atomic mass is 32.2. The Balaban J connectivity index is 1.42. The molecule has 3 aromatic rings. The summed E-state index contributed by atoms with van der Waals surface area (Å²) in [6.45, 7) is 3.55. The number of ether oxygens (including phenoxy) is 4. The third-order valence-electron chi connectivity index (χ3n) is 7.40. The van der Waals surface area contributed by atoms with Crippen LogP contribution in [0.3, 0.4) is 0 Å². The molecule has 1 aliphatic heterocycles. The lowest BCUT2D eigenvalue weighted by Gasteiger charge is -2.16. The average Bonchev–Trinajstić information content (AvgIpc) is 3.39. The fourth-order valence-corrected chi connectivity index (χ4v) is 6.55. The minimum Gasteiger partial charge on any atom is -0.491 e. The lowest BCUT2D eigenvalue weighted by Crippen LogP contribution is -2.31. The normalized spacial score (nSPS) is 12.7. The van der Waals surface area contributed by atoms with Crippen molar-refractivity contribution in [1.29, 1.82) is 0 Å². The van der Waals surface area contributed by atoms with Gasteiger partial charge in [-0.15, -0.1) is 0 Å². The minimum absolute atomic E-state index is 0.0389. The van der Waals surface area contributed by atoms with E-state index in [1.54, 1.807) is 72.8 Å². The second-order valence-electron chi connectivity index (χ2n) is 11.1. The summed E-state index contributed by atoms with van der Waals surface area (Å²) >= 11 is 2.23. The monoisotopic (exact) mass is 767 g/mol. The van der Waals surface area contributed by atoms with Gasteiger partial charge in [-0.1, -0.05) is 23.5 Å². The van der Waals surface area contributed by atoms with Gasteiger partial charge in [-0.25, -0.2) is 15.0 Å². The molecule has 0 N–H and O–H groups in total. The maximum atomic E-state index is 14.0. The zero-order chi connectivity index (χ0) is 38.3. The van der Waals surface area contributed by atoms with Crippen molar-refractivity contribution in [1.82, 2.24) is 10.1 Å². The van der Waals surface area contributed by atoms with Crippen LogP contribution in [0, 0.1) is 0 Å². The molecule has 0 atom stereocenters. The van der Waals surface area contributed by atoms with Gasteiger partial charge in [-0.2, -0.15) is 0 Å². The molecule has 14 nitrogen and oxygen atoms in total. The Morgan fingerprint density at radius 1 is 0.604 bits per heavy atom. The first-order chi connectivity index (χ1) is 25.5. The van der Waals surface area contributed by atoms with E-state index in [4.69, 9.17) is 28.6 Å². The third kappa shape index (κ3) is 11.7. The van der Waals surface area contributed by atoms with Gasteiger partial charge >= 0.3 is 0 Å². The van der Waals surface area contributed by atoms with Crippen LogP contribution in [0.2, 0.25) is 0 Å². The van der Waals surface area contributed by atoms with Crippen molar-refractivity contribution in [3.05, 3.63) is 93.7 Å². The van der Waals surface area contributed by atoms with E-state index in [9.17, 15) is 24.0 Å². The Labute approximate surface area is 316 Å². The molecule has 3 aromatic carbocycles. The molecule has 0 aliphatic carbocycles. The molecule has 4 rings (SSSR count). The molecule has 0 saturated carbocycles. The molecule has 0 fully saturated rings. The number of carbonyl (C=O) groups is 5. The van der Waals surface area contributed by atoms with E-state index in [0.29, 0.717) is 65.4 Å². The number of ketones is 1. The third-order valence-corrected chi connectivity index (χ3v) is 9.71. The van der Waals surface area contributed by atoms with Gasteiger partial charge in [0.25, 0.3) is 23.6 Å². The summed E-state index contributed by atoms with van der Waals surface area (Å²) in [5.74, 6) is -1.22. The summed E-state index contributed by atoms with van der Waals surface area (Å²) in [6.07, 6.45) is 0. The second-order valence-corrected chi connectivity index (χ2v) is 13.3.